The maximum atomic E-state index is 3.95. The monoisotopic (exact) mass is 279 g/mol. The number of hydrogen-bond donors (Lipinski definition) is 2. The van der Waals surface area contributed by atoms with Crippen LogP contribution in [0.15, 0.2) is 0 Å². The van der Waals surface area contributed by atoms with Crippen molar-refractivity contribution >= 4 is 0 Å². The predicted octanol–water partition coefficient (Wildman–Crippen LogP) is 2.51. The summed E-state index contributed by atoms with van der Waals surface area (Å²) >= 11 is 0. The SMILES string of the molecule is CC(CC1CCCCN1)NC1CC2CCCC(C1)N2C. The maximum Gasteiger partial charge on any atom is 0.0110 e. The number of piperidine rings is 3. The molecule has 0 spiro atoms. The van der Waals surface area contributed by atoms with Crippen LogP contribution in [0.1, 0.15) is 64.7 Å². The smallest absolute Gasteiger partial charge is 0.0110 e. The van der Waals surface area contributed by atoms with Gasteiger partial charge >= 0.3 is 0 Å². The molecule has 3 aliphatic rings. The molecule has 0 aromatic heterocycles. The van der Waals surface area contributed by atoms with Crippen LogP contribution in [0.5, 0.6) is 0 Å². The highest BCUT2D eigenvalue weighted by molar-refractivity contribution is 4.94. The minimum absolute atomic E-state index is 0.666. The molecule has 3 fully saturated rings. The molecular weight excluding hydrogens is 246 g/mol. The summed E-state index contributed by atoms with van der Waals surface area (Å²) in [5, 5.41) is 7.63. The molecule has 116 valence electrons. The molecule has 4 atom stereocenters. The zero-order valence-electron chi connectivity index (χ0n) is 13.4. The molecule has 0 aliphatic carbocycles. The maximum absolute atomic E-state index is 3.95. The molecular formula is C17H33N3. The Labute approximate surface area is 124 Å². The summed E-state index contributed by atoms with van der Waals surface area (Å²) in [7, 11) is 2.35. The van der Waals surface area contributed by atoms with Crippen LogP contribution >= 0.6 is 0 Å². The largest absolute Gasteiger partial charge is 0.314 e. The Morgan fingerprint density at radius 2 is 1.85 bits per heavy atom. The van der Waals surface area contributed by atoms with Gasteiger partial charge in [-0.2, -0.15) is 0 Å². The van der Waals surface area contributed by atoms with E-state index in [1.165, 1.54) is 64.3 Å². The first-order valence-corrected chi connectivity index (χ1v) is 8.93. The van der Waals surface area contributed by atoms with Crippen LogP contribution in [0.3, 0.4) is 0 Å². The molecule has 0 saturated carbocycles. The van der Waals surface area contributed by atoms with E-state index >= 15 is 0 Å². The van der Waals surface area contributed by atoms with Gasteiger partial charge in [0.2, 0.25) is 0 Å². The molecule has 3 heterocycles. The molecule has 3 saturated heterocycles. The van der Waals surface area contributed by atoms with E-state index in [4.69, 9.17) is 0 Å². The molecule has 3 aliphatic heterocycles. The topological polar surface area (TPSA) is 27.3 Å². The number of rotatable bonds is 4. The predicted molar refractivity (Wildman–Crippen MR) is 85.1 cm³/mol. The zero-order valence-corrected chi connectivity index (χ0v) is 13.4. The van der Waals surface area contributed by atoms with Crippen LogP contribution in [-0.2, 0) is 0 Å². The fourth-order valence-corrected chi connectivity index (χ4v) is 4.77. The van der Waals surface area contributed by atoms with Crippen molar-refractivity contribution in [3.8, 4) is 0 Å². The van der Waals surface area contributed by atoms with E-state index in [0.29, 0.717) is 6.04 Å². The summed E-state index contributed by atoms with van der Waals surface area (Å²) in [6.07, 6.45) is 12.5. The zero-order chi connectivity index (χ0) is 13.9. The fraction of sp³-hybridized carbons (Fsp3) is 1.00. The van der Waals surface area contributed by atoms with Crippen molar-refractivity contribution in [1.29, 1.82) is 0 Å². The molecule has 4 unspecified atom stereocenters. The lowest BCUT2D eigenvalue weighted by atomic mass is 9.82. The minimum atomic E-state index is 0.666. The van der Waals surface area contributed by atoms with Gasteiger partial charge in [-0.15, -0.1) is 0 Å². The van der Waals surface area contributed by atoms with Crippen molar-refractivity contribution in [2.45, 2.75) is 94.9 Å². The van der Waals surface area contributed by atoms with Gasteiger partial charge < -0.3 is 15.5 Å². The van der Waals surface area contributed by atoms with Gasteiger partial charge in [0, 0.05) is 30.2 Å². The summed E-state index contributed by atoms with van der Waals surface area (Å²) in [4.78, 5) is 2.66. The quantitative estimate of drug-likeness (QED) is 0.828. The van der Waals surface area contributed by atoms with Crippen LogP contribution in [0.25, 0.3) is 0 Å². The second-order valence-corrected chi connectivity index (χ2v) is 7.52. The van der Waals surface area contributed by atoms with E-state index in [1.54, 1.807) is 0 Å². The first-order chi connectivity index (χ1) is 9.72. The van der Waals surface area contributed by atoms with Crippen molar-refractivity contribution in [3.05, 3.63) is 0 Å². The molecule has 2 N–H and O–H groups in total. The van der Waals surface area contributed by atoms with Gasteiger partial charge in [-0.05, 0) is 65.5 Å². The van der Waals surface area contributed by atoms with Crippen LogP contribution < -0.4 is 10.6 Å². The lowest BCUT2D eigenvalue weighted by molar-refractivity contribution is 0.0456. The minimum Gasteiger partial charge on any atom is -0.314 e. The van der Waals surface area contributed by atoms with Crippen molar-refractivity contribution in [2.75, 3.05) is 13.6 Å². The first kappa shape index (κ1) is 14.8. The van der Waals surface area contributed by atoms with Crippen molar-refractivity contribution in [2.24, 2.45) is 0 Å². The highest BCUT2D eigenvalue weighted by Crippen LogP contribution is 2.32. The summed E-state index contributed by atoms with van der Waals surface area (Å²) in [6, 6.07) is 3.89. The van der Waals surface area contributed by atoms with Crippen LogP contribution in [-0.4, -0.2) is 48.7 Å². The lowest BCUT2D eigenvalue weighted by Gasteiger charge is -2.48. The molecule has 0 amide bonds. The number of nitrogens with zero attached hydrogens (tertiary/aromatic N) is 1. The Kier molecular flexibility index (Phi) is 5.00. The highest BCUT2D eigenvalue weighted by atomic mass is 15.2. The molecule has 0 radical (unpaired) electrons. The average Bonchev–Trinajstić information content (AvgIpc) is 2.41. The van der Waals surface area contributed by atoms with Gasteiger partial charge in [0.05, 0.1) is 0 Å². The Morgan fingerprint density at radius 1 is 1.10 bits per heavy atom. The van der Waals surface area contributed by atoms with E-state index in [9.17, 15) is 0 Å². The molecule has 20 heavy (non-hydrogen) atoms. The molecule has 0 aromatic carbocycles. The molecule has 3 rings (SSSR count). The summed E-state index contributed by atoms with van der Waals surface area (Å²) in [5.41, 5.74) is 0. The van der Waals surface area contributed by atoms with Crippen LogP contribution in [0, 0.1) is 0 Å². The Hall–Kier alpha value is -0.120. The first-order valence-electron chi connectivity index (χ1n) is 8.93. The highest BCUT2D eigenvalue weighted by Gasteiger charge is 2.36. The van der Waals surface area contributed by atoms with Crippen LogP contribution in [0.2, 0.25) is 0 Å². The van der Waals surface area contributed by atoms with Crippen molar-refractivity contribution < 1.29 is 0 Å². The number of nitrogens with one attached hydrogen (secondary N) is 2. The number of hydrogen-bond acceptors (Lipinski definition) is 3. The third-order valence-corrected chi connectivity index (χ3v) is 5.91. The fourth-order valence-electron chi connectivity index (χ4n) is 4.77. The summed E-state index contributed by atoms with van der Waals surface area (Å²) in [6.45, 7) is 3.63. The van der Waals surface area contributed by atoms with Crippen molar-refractivity contribution in [1.82, 2.24) is 15.5 Å². The van der Waals surface area contributed by atoms with Crippen molar-refractivity contribution in [3.63, 3.8) is 0 Å². The van der Waals surface area contributed by atoms with Gasteiger partial charge in [0.1, 0.15) is 0 Å². The second-order valence-electron chi connectivity index (χ2n) is 7.52. The second kappa shape index (κ2) is 6.76. The van der Waals surface area contributed by atoms with Gasteiger partial charge in [0.25, 0.3) is 0 Å². The summed E-state index contributed by atoms with van der Waals surface area (Å²) in [5.74, 6) is 0. The molecule has 3 heteroatoms. The third kappa shape index (κ3) is 3.55. The average molecular weight is 279 g/mol. The third-order valence-electron chi connectivity index (χ3n) is 5.91. The van der Waals surface area contributed by atoms with Gasteiger partial charge in [0.15, 0.2) is 0 Å². The van der Waals surface area contributed by atoms with E-state index in [0.717, 1.165) is 24.2 Å². The summed E-state index contributed by atoms with van der Waals surface area (Å²) < 4.78 is 0. The van der Waals surface area contributed by atoms with E-state index in [-0.39, 0.29) is 0 Å². The molecule has 3 nitrogen and oxygen atoms in total. The van der Waals surface area contributed by atoms with Crippen LogP contribution in [0.4, 0.5) is 0 Å². The standard InChI is InChI=1S/C17H33N3/c1-13(10-14-6-3-4-9-18-14)19-15-11-16-7-5-8-17(12-15)20(16)2/h13-19H,3-12H2,1-2H3. The number of fused-ring (bicyclic) bond motifs is 2. The van der Waals surface area contributed by atoms with Gasteiger partial charge in [-0.25, -0.2) is 0 Å². The molecule has 2 bridgehead atoms. The normalized spacial score (nSPS) is 40.5. The Bertz CT molecular complexity index is 287. The van der Waals surface area contributed by atoms with Gasteiger partial charge in [-0.1, -0.05) is 12.8 Å². The lowest BCUT2D eigenvalue weighted by Crippen LogP contribution is -2.56. The van der Waals surface area contributed by atoms with Gasteiger partial charge in [-0.3, -0.25) is 0 Å². The van der Waals surface area contributed by atoms with E-state index < -0.39 is 0 Å². The Balaban J connectivity index is 1.45. The van der Waals surface area contributed by atoms with E-state index in [2.05, 4.69) is 29.5 Å². The van der Waals surface area contributed by atoms with E-state index in [1.807, 2.05) is 0 Å². The Morgan fingerprint density at radius 3 is 2.50 bits per heavy atom. The molecule has 0 aromatic rings.